The highest BCUT2D eigenvalue weighted by Gasteiger charge is 2.23. The Labute approximate surface area is 193 Å². The molecule has 32 heavy (non-hydrogen) atoms. The Morgan fingerprint density at radius 2 is 1.88 bits per heavy atom. The summed E-state index contributed by atoms with van der Waals surface area (Å²) in [5.41, 5.74) is 0.384. The minimum absolute atomic E-state index is 0.0203. The molecule has 2 aromatic rings. The third-order valence-electron chi connectivity index (χ3n) is 4.06. The van der Waals surface area contributed by atoms with Gasteiger partial charge in [-0.25, -0.2) is 19.9 Å². The number of aromatic nitrogens is 2. The second-order valence-electron chi connectivity index (χ2n) is 8.22. The fraction of sp³-hybridized carbons (Fsp3) is 0.455. The normalized spacial score (nSPS) is 11.9. The van der Waals surface area contributed by atoms with Gasteiger partial charge >= 0.3 is 12.2 Å². The van der Waals surface area contributed by atoms with Crippen molar-refractivity contribution < 1.29 is 23.8 Å². The van der Waals surface area contributed by atoms with Gasteiger partial charge in [-0.15, -0.1) is 0 Å². The van der Waals surface area contributed by atoms with Gasteiger partial charge in [0, 0.05) is 39.5 Å². The average Bonchev–Trinajstić information content (AvgIpc) is 3.14. The number of alkyl carbamates (subject to hydrolysis) is 2. The largest absolute Gasteiger partial charge is 0.459 e. The molecule has 174 valence electrons. The number of nitrogens with one attached hydrogen (secondary N) is 1. The quantitative estimate of drug-likeness (QED) is 0.620. The maximum Gasteiger partial charge on any atom is 0.417 e. The van der Waals surface area contributed by atoms with Crippen LogP contribution >= 0.6 is 12.2 Å². The van der Waals surface area contributed by atoms with Crippen LogP contribution in [0.15, 0.2) is 42.7 Å². The zero-order chi connectivity index (χ0) is 23.7. The molecule has 0 fully saturated rings. The molecule has 10 heteroatoms. The van der Waals surface area contributed by atoms with Gasteiger partial charge in [-0.3, -0.25) is 0 Å². The zero-order valence-corrected chi connectivity index (χ0v) is 19.8. The molecular weight excluding hydrogens is 432 g/mol. The number of benzene rings is 1. The molecule has 1 N–H and O–H groups in total. The predicted molar refractivity (Wildman–Crippen MR) is 123 cm³/mol. The summed E-state index contributed by atoms with van der Waals surface area (Å²) in [6, 6.07) is 9.94. The van der Waals surface area contributed by atoms with Gasteiger partial charge in [0.15, 0.2) is 6.10 Å². The molecule has 1 aromatic heterocycles. The maximum absolute atomic E-state index is 11.9. The van der Waals surface area contributed by atoms with Gasteiger partial charge in [0.1, 0.15) is 11.4 Å². The van der Waals surface area contributed by atoms with Gasteiger partial charge in [-0.2, -0.15) is 0 Å². The molecule has 2 amide bonds. The first kappa shape index (κ1) is 25.1. The van der Waals surface area contributed by atoms with Crippen molar-refractivity contribution in [3.05, 3.63) is 54.1 Å². The number of hydrogen-bond acceptors (Lipinski definition) is 7. The summed E-state index contributed by atoms with van der Waals surface area (Å²) < 4.78 is 18.1. The molecule has 0 spiro atoms. The van der Waals surface area contributed by atoms with Crippen molar-refractivity contribution in [3.63, 3.8) is 0 Å². The number of ether oxygens (including phenoxy) is 3. The highest BCUT2D eigenvalue weighted by atomic mass is 32.1. The lowest BCUT2D eigenvalue weighted by Gasteiger charge is -2.23. The Balaban J connectivity index is 2.02. The smallest absolute Gasteiger partial charge is 0.417 e. The lowest BCUT2D eigenvalue weighted by Crippen LogP contribution is -2.37. The molecule has 9 nitrogen and oxygen atoms in total. The third-order valence-corrected chi connectivity index (χ3v) is 4.52. The van der Waals surface area contributed by atoms with Gasteiger partial charge in [0.25, 0.3) is 5.17 Å². The molecule has 2 rings (SSSR count). The summed E-state index contributed by atoms with van der Waals surface area (Å²) in [6.45, 7) is 5.68. The number of rotatable bonds is 7. The van der Waals surface area contributed by atoms with E-state index in [9.17, 15) is 9.59 Å². The fourth-order valence-electron chi connectivity index (χ4n) is 2.67. The first-order chi connectivity index (χ1) is 15.0. The molecule has 0 aliphatic carbocycles. The van der Waals surface area contributed by atoms with Crippen LogP contribution < -0.4 is 5.32 Å². The Morgan fingerprint density at radius 1 is 1.19 bits per heavy atom. The van der Waals surface area contributed by atoms with Crippen LogP contribution in [0.1, 0.15) is 44.7 Å². The van der Waals surface area contributed by atoms with E-state index >= 15 is 0 Å². The summed E-state index contributed by atoms with van der Waals surface area (Å²) in [5, 5.41) is 2.31. The lowest BCUT2D eigenvalue weighted by atomic mass is 10.2. The Morgan fingerprint density at radius 3 is 2.50 bits per heavy atom. The third kappa shape index (κ3) is 8.54. The summed E-state index contributed by atoms with van der Waals surface area (Å²) in [7, 11) is 3.56. The van der Waals surface area contributed by atoms with Crippen molar-refractivity contribution in [1.29, 1.82) is 0 Å². The van der Waals surface area contributed by atoms with E-state index in [1.807, 2.05) is 46.4 Å². The molecule has 1 atom stereocenters. The molecule has 0 saturated heterocycles. The van der Waals surface area contributed by atoms with Gasteiger partial charge in [0.2, 0.25) is 0 Å². The molecule has 1 aromatic carbocycles. The van der Waals surface area contributed by atoms with Gasteiger partial charge in [0.05, 0.1) is 6.61 Å². The second-order valence-corrected chi connectivity index (χ2v) is 8.57. The molecule has 0 unspecified atom stereocenters. The number of amides is 2. The van der Waals surface area contributed by atoms with Crippen LogP contribution in [0.3, 0.4) is 0 Å². The summed E-state index contributed by atoms with van der Waals surface area (Å²) >= 11 is 5.30. The van der Waals surface area contributed by atoms with E-state index in [4.69, 9.17) is 26.4 Å². The van der Waals surface area contributed by atoms with Gasteiger partial charge in [-0.05, 0) is 38.6 Å². The summed E-state index contributed by atoms with van der Waals surface area (Å²) in [5.74, 6) is 0.647. The summed E-state index contributed by atoms with van der Waals surface area (Å²) in [4.78, 5) is 29.7. The number of nitrogens with zero attached hydrogens (tertiary/aromatic N) is 3. The minimum atomic E-state index is -0.902. The second kappa shape index (κ2) is 11.5. The SMILES string of the molecule is CN(C)C(=S)O[C@@H](CCOC(=O)NC(=O)OC(C)(C)C)c1nccn1Cc1ccccc1. The topological polar surface area (TPSA) is 94.9 Å². The number of carbonyl (C=O) groups is 2. The highest BCUT2D eigenvalue weighted by Crippen LogP contribution is 2.22. The molecule has 1 heterocycles. The van der Waals surface area contributed by atoms with Crippen molar-refractivity contribution in [2.24, 2.45) is 0 Å². The maximum atomic E-state index is 11.9. The van der Waals surface area contributed by atoms with Crippen LogP contribution in [0.5, 0.6) is 0 Å². The van der Waals surface area contributed by atoms with Crippen LogP contribution in [-0.2, 0) is 20.8 Å². The molecule has 0 radical (unpaired) electrons. The Bertz CT molecular complexity index is 909. The van der Waals surface area contributed by atoms with E-state index in [0.29, 0.717) is 12.4 Å². The monoisotopic (exact) mass is 462 g/mol. The van der Waals surface area contributed by atoms with E-state index in [1.165, 1.54) is 0 Å². The van der Waals surface area contributed by atoms with Crippen LogP contribution in [0.25, 0.3) is 0 Å². The van der Waals surface area contributed by atoms with E-state index in [-0.39, 0.29) is 18.2 Å². The van der Waals surface area contributed by atoms with Crippen LogP contribution in [0, 0.1) is 0 Å². The Kier molecular flexibility index (Phi) is 9.01. The molecular formula is C22H30N4O5S. The zero-order valence-electron chi connectivity index (χ0n) is 19.0. The molecule has 0 saturated carbocycles. The highest BCUT2D eigenvalue weighted by molar-refractivity contribution is 7.80. The van der Waals surface area contributed by atoms with Crippen molar-refractivity contribution in [3.8, 4) is 0 Å². The van der Waals surface area contributed by atoms with E-state index in [0.717, 1.165) is 5.56 Å². The van der Waals surface area contributed by atoms with Crippen LogP contribution in [0.4, 0.5) is 9.59 Å². The van der Waals surface area contributed by atoms with Crippen molar-refractivity contribution in [1.82, 2.24) is 19.8 Å². The van der Waals surface area contributed by atoms with Gasteiger partial charge < -0.3 is 23.7 Å². The summed E-state index contributed by atoms with van der Waals surface area (Å²) in [6.07, 6.45) is 1.49. The van der Waals surface area contributed by atoms with Crippen molar-refractivity contribution in [2.45, 2.75) is 45.4 Å². The Hall–Kier alpha value is -3.14. The molecule has 0 aliphatic heterocycles. The van der Waals surface area contributed by atoms with Crippen molar-refractivity contribution in [2.75, 3.05) is 20.7 Å². The van der Waals surface area contributed by atoms with Crippen molar-refractivity contribution >= 4 is 29.6 Å². The van der Waals surface area contributed by atoms with E-state index in [2.05, 4.69) is 4.98 Å². The number of hydrogen-bond donors (Lipinski definition) is 1. The lowest BCUT2D eigenvalue weighted by molar-refractivity contribution is 0.0498. The number of imide groups is 1. The van der Waals surface area contributed by atoms with Gasteiger partial charge in [-0.1, -0.05) is 30.3 Å². The molecule has 0 aliphatic rings. The fourth-order valence-corrected chi connectivity index (χ4v) is 2.79. The van der Waals surface area contributed by atoms with Crippen LogP contribution in [-0.4, -0.2) is 58.1 Å². The first-order valence-electron chi connectivity index (χ1n) is 10.1. The average molecular weight is 463 g/mol. The standard InChI is InChI=1S/C22H30N4O5S/c1-22(2,3)31-20(28)24-19(27)29-14-11-17(30-21(32)25(4)5)18-23-12-13-26(18)15-16-9-7-6-8-10-16/h6-10,12-13,17H,11,14-15H2,1-5H3,(H,24,27,28)/t17-/m0/s1. The van der Waals surface area contributed by atoms with E-state index in [1.54, 1.807) is 46.0 Å². The predicted octanol–water partition coefficient (Wildman–Crippen LogP) is 3.89. The number of thiocarbonyl (C=S) groups is 1. The minimum Gasteiger partial charge on any atom is -0.459 e. The van der Waals surface area contributed by atoms with E-state index < -0.39 is 23.9 Å². The number of carbonyl (C=O) groups excluding carboxylic acids is 2. The first-order valence-corrected chi connectivity index (χ1v) is 10.6. The number of imidazole rings is 1. The van der Waals surface area contributed by atoms with Crippen LogP contribution in [0.2, 0.25) is 0 Å². The molecule has 0 bridgehead atoms.